The van der Waals surface area contributed by atoms with Gasteiger partial charge in [-0.25, -0.2) is 4.57 Å². The summed E-state index contributed by atoms with van der Waals surface area (Å²) in [6.07, 6.45) is -0.805. The van der Waals surface area contributed by atoms with Crippen molar-refractivity contribution in [1.29, 1.82) is 5.26 Å². The minimum Gasteiger partial charge on any atom is -0.290 e. The Hall–Kier alpha value is -0.400. The lowest BCUT2D eigenvalue weighted by Crippen LogP contribution is -2.04. The van der Waals surface area contributed by atoms with E-state index in [-0.39, 0.29) is 0 Å². The van der Waals surface area contributed by atoms with Gasteiger partial charge in [-0.3, -0.25) is 13.6 Å². The van der Waals surface area contributed by atoms with E-state index in [4.69, 9.17) is 5.26 Å². The van der Waals surface area contributed by atoms with Crippen LogP contribution in [0.25, 0.3) is 0 Å². The smallest absolute Gasteiger partial charge is 0.290 e. The van der Waals surface area contributed by atoms with Gasteiger partial charge in [0.05, 0.1) is 6.07 Å². The fraction of sp³-hybridized carbons (Fsp3) is 0.800. The predicted molar refractivity (Wildman–Crippen MR) is 37.8 cm³/mol. The molecule has 0 aromatic carbocycles. The first kappa shape index (κ1) is 10.6. The topological polar surface area (TPSA) is 68.6 Å². The number of hydrogen-bond acceptors (Lipinski definition) is 5. The molecule has 0 rings (SSSR count). The van der Waals surface area contributed by atoms with Crippen molar-refractivity contribution < 1.29 is 18.1 Å². The third-order valence-electron chi connectivity index (χ3n) is 0.916. The van der Waals surface area contributed by atoms with Crippen molar-refractivity contribution in [2.24, 2.45) is 0 Å². The third-order valence-corrected chi connectivity index (χ3v) is 2.39. The Morgan fingerprint density at radius 2 is 1.91 bits per heavy atom. The zero-order valence-corrected chi connectivity index (χ0v) is 7.50. The maximum Gasteiger partial charge on any atom is 0.475 e. The van der Waals surface area contributed by atoms with Crippen LogP contribution >= 0.6 is 7.82 Å². The molecule has 0 aliphatic heterocycles. The van der Waals surface area contributed by atoms with E-state index in [9.17, 15) is 4.57 Å². The van der Waals surface area contributed by atoms with E-state index >= 15 is 0 Å². The van der Waals surface area contributed by atoms with E-state index in [1.165, 1.54) is 21.1 Å². The molecule has 0 aliphatic carbocycles. The Morgan fingerprint density at radius 3 is 2.18 bits per heavy atom. The van der Waals surface area contributed by atoms with Gasteiger partial charge in [-0.1, -0.05) is 0 Å². The average molecular weight is 179 g/mol. The van der Waals surface area contributed by atoms with Crippen molar-refractivity contribution in [1.82, 2.24) is 0 Å². The second-order valence-corrected chi connectivity index (χ2v) is 3.52. The normalized spacial score (nSPS) is 14.0. The van der Waals surface area contributed by atoms with Crippen LogP contribution in [0.1, 0.15) is 6.92 Å². The van der Waals surface area contributed by atoms with Crippen molar-refractivity contribution >= 4 is 7.82 Å². The molecule has 0 spiro atoms. The summed E-state index contributed by atoms with van der Waals surface area (Å²) in [4.78, 5) is 0. The van der Waals surface area contributed by atoms with Crippen molar-refractivity contribution in [3.05, 3.63) is 0 Å². The summed E-state index contributed by atoms with van der Waals surface area (Å²) >= 11 is 0. The fourth-order valence-corrected chi connectivity index (χ4v) is 1.13. The van der Waals surface area contributed by atoms with Gasteiger partial charge < -0.3 is 0 Å². The van der Waals surface area contributed by atoms with Crippen LogP contribution in [0.5, 0.6) is 0 Å². The van der Waals surface area contributed by atoms with Gasteiger partial charge in [0.1, 0.15) is 0 Å². The number of hydrogen-bond donors (Lipinski definition) is 0. The molecule has 1 atom stereocenters. The molecule has 0 aliphatic rings. The molecule has 6 heteroatoms. The van der Waals surface area contributed by atoms with Crippen LogP contribution in [-0.2, 0) is 18.1 Å². The predicted octanol–water partition coefficient (Wildman–Crippen LogP) is 1.32. The molecule has 0 amide bonds. The van der Waals surface area contributed by atoms with Gasteiger partial charge in [0, 0.05) is 14.2 Å². The average Bonchev–Trinajstić information content (AvgIpc) is 2.04. The van der Waals surface area contributed by atoms with Crippen molar-refractivity contribution in [3.63, 3.8) is 0 Å². The van der Waals surface area contributed by atoms with Crippen molar-refractivity contribution in [2.75, 3.05) is 14.2 Å². The maximum absolute atomic E-state index is 11.1. The number of phosphoric acid groups is 1. The van der Waals surface area contributed by atoms with Crippen LogP contribution in [0.15, 0.2) is 0 Å². The molecule has 0 heterocycles. The quantitative estimate of drug-likeness (QED) is 0.608. The summed E-state index contributed by atoms with van der Waals surface area (Å²) in [5.74, 6) is 0. The molecule has 5 nitrogen and oxygen atoms in total. The highest BCUT2D eigenvalue weighted by molar-refractivity contribution is 7.48. The first-order valence-electron chi connectivity index (χ1n) is 2.87. The summed E-state index contributed by atoms with van der Waals surface area (Å²) in [6.45, 7) is 1.45. The highest BCUT2D eigenvalue weighted by Gasteiger charge is 2.25. The van der Waals surface area contributed by atoms with Crippen LogP contribution in [0.2, 0.25) is 0 Å². The highest BCUT2D eigenvalue weighted by atomic mass is 31.2. The molecule has 0 fully saturated rings. The van der Waals surface area contributed by atoms with Crippen molar-refractivity contribution in [2.45, 2.75) is 13.0 Å². The Kier molecular flexibility index (Phi) is 4.31. The Balaban J connectivity index is 4.11. The minimum atomic E-state index is -3.48. The molecule has 0 aromatic heterocycles. The van der Waals surface area contributed by atoms with Crippen molar-refractivity contribution in [3.8, 4) is 6.07 Å². The monoisotopic (exact) mass is 179 g/mol. The summed E-state index contributed by atoms with van der Waals surface area (Å²) in [7, 11) is -1.10. The Morgan fingerprint density at radius 1 is 1.45 bits per heavy atom. The van der Waals surface area contributed by atoms with Gasteiger partial charge in [0.25, 0.3) is 0 Å². The zero-order chi connectivity index (χ0) is 8.91. The van der Waals surface area contributed by atoms with E-state index in [0.29, 0.717) is 0 Å². The number of rotatable bonds is 4. The van der Waals surface area contributed by atoms with Gasteiger partial charge in [-0.15, -0.1) is 0 Å². The van der Waals surface area contributed by atoms with Crippen LogP contribution in [0, 0.1) is 11.3 Å². The maximum atomic E-state index is 11.1. The van der Waals surface area contributed by atoms with Crippen LogP contribution < -0.4 is 0 Å². The summed E-state index contributed by atoms with van der Waals surface area (Å²) in [5.41, 5.74) is 0. The molecule has 0 saturated heterocycles. The first-order valence-corrected chi connectivity index (χ1v) is 4.33. The highest BCUT2D eigenvalue weighted by Crippen LogP contribution is 2.48. The van der Waals surface area contributed by atoms with E-state index in [0.717, 1.165) is 0 Å². The molecule has 0 N–H and O–H groups in total. The Labute approximate surface area is 65.5 Å². The lowest BCUT2D eigenvalue weighted by Gasteiger charge is -2.13. The van der Waals surface area contributed by atoms with Gasteiger partial charge >= 0.3 is 7.82 Å². The van der Waals surface area contributed by atoms with Crippen LogP contribution in [0.3, 0.4) is 0 Å². The fourth-order valence-electron chi connectivity index (χ4n) is 0.378. The summed E-state index contributed by atoms with van der Waals surface area (Å²) in [6, 6.07) is 1.73. The van der Waals surface area contributed by atoms with Gasteiger partial charge in [0.2, 0.25) is 0 Å². The molecule has 1 unspecified atom stereocenters. The first-order chi connectivity index (χ1) is 5.08. The van der Waals surface area contributed by atoms with Gasteiger partial charge in [-0.2, -0.15) is 5.26 Å². The number of nitriles is 1. The van der Waals surface area contributed by atoms with E-state index in [1.807, 2.05) is 0 Å². The summed E-state index contributed by atoms with van der Waals surface area (Å²) < 4.78 is 24.6. The molecule has 11 heavy (non-hydrogen) atoms. The second-order valence-electron chi connectivity index (χ2n) is 1.69. The zero-order valence-electron chi connectivity index (χ0n) is 6.60. The van der Waals surface area contributed by atoms with Gasteiger partial charge in [-0.05, 0) is 6.92 Å². The standard InChI is InChI=1S/C5H10NO4P/c1-5(4-6)10-11(7,8-2)9-3/h5H,1-3H3. The van der Waals surface area contributed by atoms with Gasteiger partial charge in [0.15, 0.2) is 6.10 Å². The SMILES string of the molecule is COP(=O)(OC)OC(C)C#N. The number of phosphoric ester groups is 1. The number of nitrogens with zero attached hydrogens (tertiary/aromatic N) is 1. The third kappa shape index (κ3) is 3.49. The lowest BCUT2D eigenvalue weighted by atomic mass is 10.5. The molecule has 64 valence electrons. The largest absolute Gasteiger partial charge is 0.475 e. The molecular weight excluding hydrogens is 169 g/mol. The molecule has 0 saturated carbocycles. The molecule has 0 radical (unpaired) electrons. The van der Waals surface area contributed by atoms with E-state index < -0.39 is 13.9 Å². The van der Waals surface area contributed by atoms with E-state index in [2.05, 4.69) is 13.6 Å². The molecule has 0 bridgehead atoms. The second kappa shape index (κ2) is 4.47. The molecular formula is C5H10NO4P. The Bertz CT molecular complexity index is 191. The van der Waals surface area contributed by atoms with E-state index in [1.54, 1.807) is 6.07 Å². The minimum absolute atomic E-state index is 0.805. The van der Waals surface area contributed by atoms with Crippen LogP contribution in [0.4, 0.5) is 0 Å². The molecule has 0 aromatic rings. The lowest BCUT2D eigenvalue weighted by molar-refractivity contribution is 0.136. The van der Waals surface area contributed by atoms with Crippen LogP contribution in [-0.4, -0.2) is 20.3 Å². The summed E-state index contributed by atoms with van der Waals surface area (Å²) in [5, 5.41) is 8.28.